The molecule has 0 N–H and O–H groups in total. The number of rotatable bonds is 4. The fourth-order valence-corrected chi connectivity index (χ4v) is 5.70. The minimum atomic E-state index is -0.304. The van der Waals surface area contributed by atoms with Gasteiger partial charge in [0.1, 0.15) is 12.4 Å². The van der Waals surface area contributed by atoms with Crippen molar-refractivity contribution in [1.29, 1.82) is 0 Å². The van der Waals surface area contributed by atoms with E-state index < -0.39 is 0 Å². The van der Waals surface area contributed by atoms with Crippen LogP contribution in [0.4, 0.5) is 5.82 Å². The van der Waals surface area contributed by atoms with Gasteiger partial charge in [0, 0.05) is 40.9 Å². The van der Waals surface area contributed by atoms with E-state index in [-0.39, 0.29) is 12.6 Å². The molecule has 2 aliphatic rings. The summed E-state index contributed by atoms with van der Waals surface area (Å²) in [6.45, 7) is 2.10. The summed E-state index contributed by atoms with van der Waals surface area (Å²) in [5.41, 5.74) is 4.56. The fourth-order valence-electron chi connectivity index (χ4n) is 4.81. The van der Waals surface area contributed by atoms with Crippen LogP contribution in [0.2, 0.25) is 0 Å². The zero-order valence-electron chi connectivity index (χ0n) is 18.4. The van der Waals surface area contributed by atoms with Crippen LogP contribution in [0.15, 0.2) is 48.0 Å². The maximum absolute atomic E-state index is 12.7. The summed E-state index contributed by atoms with van der Waals surface area (Å²) in [6.07, 6.45) is 2.90. The Hall–Kier alpha value is -3.58. The van der Waals surface area contributed by atoms with Crippen molar-refractivity contribution < 1.29 is 19.0 Å². The number of hydrogen-bond donors (Lipinski definition) is 0. The Morgan fingerprint density at radius 2 is 1.88 bits per heavy atom. The molecule has 4 heterocycles. The third kappa shape index (κ3) is 3.23. The number of carbonyl (C=O) groups is 1. The number of esters is 1. The van der Waals surface area contributed by atoms with Crippen LogP contribution < -0.4 is 14.4 Å². The first-order chi connectivity index (χ1) is 16.2. The number of benzene rings is 2. The first kappa shape index (κ1) is 20.1. The lowest BCUT2D eigenvalue weighted by atomic mass is 9.91. The molecule has 0 saturated heterocycles. The molecule has 0 aliphatic carbocycles. The van der Waals surface area contributed by atoms with Crippen LogP contribution in [0.1, 0.15) is 26.4 Å². The van der Waals surface area contributed by atoms with E-state index in [1.54, 1.807) is 14.2 Å². The summed E-state index contributed by atoms with van der Waals surface area (Å²) in [6, 6.07) is 12.1. The molecule has 2 aromatic heterocycles. The second kappa shape index (κ2) is 7.78. The molecule has 6 nitrogen and oxygen atoms in total. The molecule has 0 spiro atoms. The standard InChI is InChI=1S/C26H22N2O4S/c1-30-20-10-17-9-18-14-32-26(29)25(18)24(19(17)11-21(20)31-2)15-3-4-23(27-12-15)28-7-5-22-16(13-28)6-8-33-22/h3-4,6,8-12H,5,7,13-14H2,1-2H3. The van der Waals surface area contributed by atoms with Gasteiger partial charge < -0.3 is 19.1 Å². The normalized spacial score (nSPS) is 14.7. The van der Waals surface area contributed by atoms with Crippen molar-refractivity contribution in [2.75, 3.05) is 25.7 Å². The van der Waals surface area contributed by atoms with Gasteiger partial charge in [-0.2, -0.15) is 0 Å². The third-order valence-electron chi connectivity index (χ3n) is 6.46. The summed E-state index contributed by atoms with van der Waals surface area (Å²) < 4.78 is 16.4. The Morgan fingerprint density at radius 3 is 2.67 bits per heavy atom. The molecule has 0 radical (unpaired) electrons. The lowest BCUT2D eigenvalue weighted by Gasteiger charge is -2.28. The van der Waals surface area contributed by atoms with Crippen LogP contribution >= 0.6 is 11.3 Å². The summed E-state index contributed by atoms with van der Waals surface area (Å²) >= 11 is 1.83. The first-order valence-electron chi connectivity index (χ1n) is 10.8. The average molecular weight is 459 g/mol. The summed E-state index contributed by atoms with van der Waals surface area (Å²) in [5, 5.41) is 4.03. The predicted octanol–water partition coefficient (Wildman–Crippen LogP) is 5.21. The van der Waals surface area contributed by atoms with E-state index in [2.05, 4.69) is 16.3 Å². The fraction of sp³-hybridized carbons (Fsp3) is 0.231. The van der Waals surface area contributed by atoms with Crippen molar-refractivity contribution in [1.82, 2.24) is 4.98 Å². The minimum absolute atomic E-state index is 0.272. The number of anilines is 1. The molecular formula is C26H22N2O4S. The van der Waals surface area contributed by atoms with E-state index in [9.17, 15) is 4.79 Å². The molecule has 0 atom stereocenters. The molecule has 7 heteroatoms. The van der Waals surface area contributed by atoms with Crippen molar-refractivity contribution in [3.63, 3.8) is 0 Å². The highest BCUT2D eigenvalue weighted by Crippen LogP contribution is 2.42. The van der Waals surface area contributed by atoms with Crippen molar-refractivity contribution >= 4 is 33.9 Å². The van der Waals surface area contributed by atoms with Gasteiger partial charge in [-0.15, -0.1) is 11.3 Å². The SMILES string of the molecule is COc1cc2cc3c(c(-c4ccc(N5CCc6sccc6C5)nc4)c2cc1OC)C(=O)OC3. The Labute approximate surface area is 195 Å². The monoisotopic (exact) mass is 458 g/mol. The Morgan fingerprint density at radius 1 is 1.03 bits per heavy atom. The number of thiophene rings is 1. The lowest BCUT2D eigenvalue weighted by molar-refractivity contribution is 0.0535. The van der Waals surface area contributed by atoms with E-state index in [0.29, 0.717) is 17.1 Å². The van der Waals surface area contributed by atoms with E-state index >= 15 is 0 Å². The van der Waals surface area contributed by atoms with Crippen LogP contribution in [-0.4, -0.2) is 31.7 Å². The van der Waals surface area contributed by atoms with Gasteiger partial charge in [0.05, 0.1) is 19.8 Å². The van der Waals surface area contributed by atoms with Crippen LogP contribution in [0, 0.1) is 0 Å². The van der Waals surface area contributed by atoms with E-state index in [1.165, 1.54) is 10.4 Å². The topological polar surface area (TPSA) is 60.9 Å². The lowest BCUT2D eigenvalue weighted by Crippen LogP contribution is -2.29. The van der Waals surface area contributed by atoms with Gasteiger partial charge in [-0.1, -0.05) is 0 Å². The molecule has 4 aromatic rings. The molecule has 6 rings (SSSR count). The molecule has 0 amide bonds. The van der Waals surface area contributed by atoms with Gasteiger partial charge in [-0.25, -0.2) is 9.78 Å². The van der Waals surface area contributed by atoms with Crippen molar-refractivity contribution in [3.05, 3.63) is 69.5 Å². The van der Waals surface area contributed by atoms with E-state index in [0.717, 1.165) is 52.8 Å². The maximum Gasteiger partial charge on any atom is 0.339 e. The van der Waals surface area contributed by atoms with E-state index in [1.807, 2.05) is 47.9 Å². The zero-order valence-corrected chi connectivity index (χ0v) is 19.2. The van der Waals surface area contributed by atoms with Crippen LogP contribution in [-0.2, 0) is 24.3 Å². The highest BCUT2D eigenvalue weighted by molar-refractivity contribution is 7.10. The second-order valence-corrected chi connectivity index (χ2v) is 9.24. The number of cyclic esters (lactones) is 1. The largest absolute Gasteiger partial charge is 0.493 e. The van der Waals surface area contributed by atoms with E-state index in [4.69, 9.17) is 19.2 Å². The van der Waals surface area contributed by atoms with Crippen molar-refractivity contribution in [2.45, 2.75) is 19.6 Å². The highest BCUT2D eigenvalue weighted by Gasteiger charge is 2.28. The van der Waals surface area contributed by atoms with Gasteiger partial charge in [0.15, 0.2) is 11.5 Å². The quantitative estimate of drug-likeness (QED) is 0.391. The summed E-state index contributed by atoms with van der Waals surface area (Å²) in [7, 11) is 3.23. The number of pyridine rings is 1. The van der Waals surface area contributed by atoms with Crippen LogP contribution in [0.3, 0.4) is 0 Å². The smallest absolute Gasteiger partial charge is 0.339 e. The first-order valence-corrected chi connectivity index (χ1v) is 11.7. The predicted molar refractivity (Wildman–Crippen MR) is 128 cm³/mol. The molecule has 0 unspecified atom stereocenters. The zero-order chi connectivity index (χ0) is 22.5. The maximum atomic E-state index is 12.7. The van der Waals surface area contributed by atoms with Gasteiger partial charge in [0.2, 0.25) is 0 Å². The number of ether oxygens (including phenoxy) is 3. The Kier molecular flexibility index (Phi) is 4.73. The van der Waals surface area contributed by atoms with Gasteiger partial charge in [-0.05, 0) is 64.5 Å². The molecule has 0 saturated carbocycles. The third-order valence-corrected chi connectivity index (χ3v) is 7.48. The number of fused-ring (bicyclic) bond motifs is 3. The second-order valence-electron chi connectivity index (χ2n) is 8.24. The van der Waals surface area contributed by atoms with Crippen LogP contribution in [0.5, 0.6) is 11.5 Å². The van der Waals surface area contributed by atoms with Crippen molar-refractivity contribution in [2.24, 2.45) is 0 Å². The molecule has 2 aliphatic heterocycles. The molecule has 0 fully saturated rings. The van der Waals surface area contributed by atoms with Gasteiger partial charge in [-0.3, -0.25) is 0 Å². The Balaban J connectivity index is 1.47. The Bertz CT molecular complexity index is 1390. The molecule has 0 bridgehead atoms. The number of carbonyl (C=O) groups excluding carboxylic acids is 1. The van der Waals surface area contributed by atoms with Gasteiger partial charge in [0.25, 0.3) is 0 Å². The van der Waals surface area contributed by atoms with Gasteiger partial charge >= 0.3 is 5.97 Å². The molecular weight excluding hydrogens is 436 g/mol. The summed E-state index contributed by atoms with van der Waals surface area (Å²) in [4.78, 5) is 21.2. The minimum Gasteiger partial charge on any atom is -0.493 e. The molecule has 2 aromatic carbocycles. The highest BCUT2D eigenvalue weighted by atomic mass is 32.1. The number of hydrogen-bond acceptors (Lipinski definition) is 7. The molecule has 166 valence electrons. The van der Waals surface area contributed by atoms with Crippen molar-refractivity contribution in [3.8, 4) is 22.6 Å². The number of methoxy groups -OCH3 is 2. The summed E-state index contributed by atoms with van der Waals surface area (Å²) in [5.74, 6) is 1.89. The van der Waals surface area contributed by atoms with Crippen LogP contribution in [0.25, 0.3) is 21.9 Å². The molecule has 33 heavy (non-hydrogen) atoms. The number of nitrogens with zero attached hydrogens (tertiary/aromatic N) is 2. The average Bonchev–Trinajstić information content (AvgIpc) is 3.48. The number of aromatic nitrogens is 1.